The van der Waals surface area contributed by atoms with Crippen LogP contribution in [-0.4, -0.2) is 22.2 Å². The van der Waals surface area contributed by atoms with Crippen LogP contribution in [0.4, 0.5) is 18.9 Å². The summed E-state index contributed by atoms with van der Waals surface area (Å²) in [6.45, 7) is 2.61. The first-order chi connectivity index (χ1) is 15.2. The van der Waals surface area contributed by atoms with E-state index in [9.17, 15) is 18.0 Å². The van der Waals surface area contributed by atoms with Crippen molar-refractivity contribution in [1.82, 2.24) is 15.1 Å². The monoisotopic (exact) mass is 462 g/mol. The molecule has 1 aliphatic rings. The molecule has 0 bridgehead atoms. The Bertz CT molecular complexity index is 1140. The smallest absolute Gasteiger partial charge is 0.385 e. The van der Waals surface area contributed by atoms with Crippen molar-refractivity contribution >= 4 is 23.2 Å². The Hall–Kier alpha value is -3.00. The van der Waals surface area contributed by atoms with Crippen LogP contribution in [0, 0.1) is 0 Å². The topological polar surface area (TPSA) is 59.0 Å². The van der Waals surface area contributed by atoms with Crippen molar-refractivity contribution in [3.05, 3.63) is 76.1 Å². The minimum Gasteiger partial charge on any atom is -0.385 e. The molecule has 9 heteroatoms. The maximum Gasteiger partial charge on any atom is 0.435 e. The molecule has 0 aliphatic carbocycles. The molecule has 4 rings (SSSR count). The van der Waals surface area contributed by atoms with Gasteiger partial charge in [0.15, 0.2) is 5.69 Å². The van der Waals surface area contributed by atoms with E-state index in [-0.39, 0.29) is 18.1 Å². The minimum atomic E-state index is -4.60. The lowest BCUT2D eigenvalue weighted by atomic mass is 9.94. The summed E-state index contributed by atoms with van der Waals surface area (Å²) in [6.07, 6.45) is -2.62. The number of fused-ring (bicyclic) bond motifs is 1. The summed E-state index contributed by atoms with van der Waals surface area (Å²) in [7, 11) is 0. The van der Waals surface area contributed by atoms with Gasteiger partial charge in [-0.15, -0.1) is 0 Å². The van der Waals surface area contributed by atoms with E-state index in [1.54, 1.807) is 25.1 Å². The predicted octanol–water partition coefficient (Wildman–Crippen LogP) is 5.32. The fourth-order valence-corrected chi connectivity index (χ4v) is 3.95. The Kier molecular flexibility index (Phi) is 6.15. The van der Waals surface area contributed by atoms with E-state index in [2.05, 4.69) is 15.7 Å². The van der Waals surface area contributed by atoms with E-state index in [0.717, 1.165) is 41.4 Å². The molecule has 2 aromatic carbocycles. The van der Waals surface area contributed by atoms with Gasteiger partial charge in [0.25, 0.3) is 0 Å². The summed E-state index contributed by atoms with van der Waals surface area (Å²) in [4.78, 5) is 12.8. The van der Waals surface area contributed by atoms with Gasteiger partial charge in [-0.05, 0) is 61.2 Å². The van der Waals surface area contributed by atoms with E-state index in [0.29, 0.717) is 10.7 Å². The van der Waals surface area contributed by atoms with Crippen molar-refractivity contribution in [3.63, 3.8) is 0 Å². The lowest BCUT2D eigenvalue weighted by Crippen LogP contribution is -2.28. The molecule has 2 N–H and O–H groups in total. The first-order valence-corrected chi connectivity index (χ1v) is 10.7. The lowest BCUT2D eigenvalue weighted by Gasteiger charge is -2.20. The molecule has 2 heterocycles. The van der Waals surface area contributed by atoms with E-state index >= 15 is 0 Å². The van der Waals surface area contributed by atoms with Gasteiger partial charge in [0.05, 0.1) is 23.8 Å². The predicted molar refractivity (Wildman–Crippen MR) is 117 cm³/mol. The number of aryl methyl sites for hydroxylation is 1. The van der Waals surface area contributed by atoms with Crippen LogP contribution >= 0.6 is 11.6 Å². The van der Waals surface area contributed by atoms with E-state index in [4.69, 9.17) is 11.6 Å². The Morgan fingerprint density at radius 1 is 1.25 bits per heavy atom. The van der Waals surface area contributed by atoms with Crippen LogP contribution in [0.5, 0.6) is 0 Å². The van der Waals surface area contributed by atoms with Gasteiger partial charge in [-0.3, -0.25) is 4.79 Å². The number of rotatable bonds is 5. The Morgan fingerprint density at radius 2 is 2.06 bits per heavy atom. The number of carbonyl (C=O) groups is 1. The number of benzene rings is 2. The SMILES string of the molecule is CC(C(=O)NCc1cc(C(F)(F)F)nn1-c1cccc(Cl)c1)c1ccc2c(c1)CCCN2. The molecule has 0 fully saturated rings. The summed E-state index contributed by atoms with van der Waals surface area (Å²) in [6, 6.07) is 13.2. The van der Waals surface area contributed by atoms with Gasteiger partial charge in [0.2, 0.25) is 5.91 Å². The summed E-state index contributed by atoms with van der Waals surface area (Å²) in [5, 5.41) is 10.2. The van der Waals surface area contributed by atoms with Crippen molar-refractivity contribution in [2.24, 2.45) is 0 Å². The number of amides is 1. The van der Waals surface area contributed by atoms with Crippen LogP contribution in [0.15, 0.2) is 48.5 Å². The average Bonchev–Trinajstić information content (AvgIpc) is 3.21. The van der Waals surface area contributed by atoms with Crippen LogP contribution in [0.3, 0.4) is 0 Å². The van der Waals surface area contributed by atoms with Gasteiger partial charge in [-0.1, -0.05) is 29.8 Å². The molecule has 0 spiro atoms. The molecular formula is C23H22ClF3N4O. The third-order valence-corrected chi connectivity index (χ3v) is 5.77. The second kappa shape index (κ2) is 8.86. The van der Waals surface area contributed by atoms with Crippen LogP contribution in [-0.2, 0) is 23.9 Å². The molecule has 1 unspecified atom stereocenters. The van der Waals surface area contributed by atoms with Gasteiger partial charge >= 0.3 is 6.18 Å². The largest absolute Gasteiger partial charge is 0.435 e. The Morgan fingerprint density at radius 3 is 2.81 bits per heavy atom. The molecule has 0 saturated carbocycles. The molecule has 32 heavy (non-hydrogen) atoms. The third-order valence-electron chi connectivity index (χ3n) is 5.53. The van der Waals surface area contributed by atoms with E-state index < -0.39 is 17.8 Å². The Balaban J connectivity index is 1.53. The average molecular weight is 463 g/mol. The molecule has 1 aromatic heterocycles. The van der Waals surface area contributed by atoms with Crippen LogP contribution < -0.4 is 10.6 Å². The molecule has 1 atom stereocenters. The van der Waals surface area contributed by atoms with E-state index in [1.165, 1.54) is 11.6 Å². The van der Waals surface area contributed by atoms with Crippen molar-refractivity contribution in [1.29, 1.82) is 0 Å². The number of hydrogen-bond donors (Lipinski definition) is 2. The van der Waals surface area contributed by atoms with Crippen LogP contribution in [0.1, 0.15) is 41.8 Å². The van der Waals surface area contributed by atoms with Crippen LogP contribution in [0.25, 0.3) is 5.69 Å². The van der Waals surface area contributed by atoms with Crippen molar-refractivity contribution < 1.29 is 18.0 Å². The summed E-state index contributed by atoms with van der Waals surface area (Å²) >= 11 is 5.99. The van der Waals surface area contributed by atoms with Crippen LogP contribution in [0.2, 0.25) is 5.02 Å². The van der Waals surface area contributed by atoms with Crippen molar-refractivity contribution in [2.75, 3.05) is 11.9 Å². The van der Waals surface area contributed by atoms with Crippen molar-refractivity contribution in [2.45, 2.75) is 38.4 Å². The van der Waals surface area contributed by atoms with Gasteiger partial charge in [-0.25, -0.2) is 4.68 Å². The molecule has 1 amide bonds. The highest BCUT2D eigenvalue weighted by atomic mass is 35.5. The number of halogens is 4. The minimum absolute atomic E-state index is 0.106. The number of aromatic nitrogens is 2. The summed E-state index contributed by atoms with van der Waals surface area (Å²) < 4.78 is 41.0. The van der Waals surface area contributed by atoms with Crippen molar-refractivity contribution in [3.8, 4) is 5.69 Å². The molecule has 0 radical (unpaired) electrons. The zero-order valence-electron chi connectivity index (χ0n) is 17.3. The number of carbonyl (C=O) groups excluding carboxylic acids is 1. The fraction of sp³-hybridized carbons (Fsp3) is 0.304. The molecule has 0 saturated heterocycles. The highest BCUT2D eigenvalue weighted by Crippen LogP contribution is 2.30. The molecule has 168 valence electrons. The first-order valence-electron chi connectivity index (χ1n) is 10.3. The standard InChI is InChI=1S/C23H22ClF3N4O/c1-14(15-7-8-20-16(10-15)4-3-9-28-20)22(32)29-13-19-12-21(23(25,26)27)30-31(19)18-6-2-5-17(24)11-18/h2,5-8,10-12,14,28H,3-4,9,13H2,1H3,(H,29,32). The number of nitrogens with zero attached hydrogens (tertiary/aromatic N) is 2. The lowest BCUT2D eigenvalue weighted by molar-refractivity contribution is -0.141. The van der Waals surface area contributed by atoms with Gasteiger partial charge in [0, 0.05) is 17.3 Å². The summed E-state index contributed by atoms with van der Waals surface area (Å²) in [5.41, 5.74) is 2.67. The van der Waals surface area contributed by atoms with Gasteiger partial charge < -0.3 is 10.6 Å². The van der Waals surface area contributed by atoms with Gasteiger partial charge in [0.1, 0.15) is 0 Å². The number of hydrogen-bond acceptors (Lipinski definition) is 3. The number of nitrogens with one attached hydrogen (secondary N) is 2. The zero-order chi connectivity index (χ0) is 22.9. The Labute approximate surface area is 188 Å². The quantitative estimate of drug-likeness (QED) is 0.539. The zero-order valence-corrected chi connectivity index (χ0v) is 18.1. The second-order valence-electron chi connectivity index (χ2n) is 7.80. The molecule has 5 nitrogen and oxygen atoms in total. The number of alkyl halides is 3. The molecule has 3 aromatic rings. The molecule has 1 aliphatic heterocycles. The fourth-order valence-electron chi connectivity index (χ4n) is 3.76. The second-order valence-corrected chi connectivity index (χ2v) is 8.23. The summed E-state index contributed by atoms with van der Waals surface area (Å²) in [5.74, 6) is -0.729. The highest BCUT2D eigenvalue weighted by molar-refractivity contribution is 6.30. The normalized spacial score (nSPS) is 14.4. The first kappa shape index (κ1) is 22.2. The van der Waals surface area contributed by atoms with E-state index in [1.807, 2.05) is 18.2 Å². The van der Waals surface area contributed by atoms with Gasteiger partial charge in [-0.2, -0.15) is 18.3 Å². The third kappa shape index (κ3) is 4.75. The molecular weight excluding hydrogens is 441 g/mol. The highest BCUT2D eigenvalue weighted by Gasteiger charge is 2.35. The number of anilines is 1. The maximum atomic E-state index is 13.3. The maximum absolute atomic E-state index is 13.3.